The third-order valence-electron chi connectivity index (χ3n) is 6.41. The lowest BCUT2D eigenvalue weighted by atomic mass is 10.1. The van der Waals surface area contributed by atoms with Crippen LogP contribution in [0.4, 0.5) is 5.82 Å². The van der Waals surface area contributed by atoms with Gasteiger partial charge in [0.2, 0.25) is 0 Å². The predicted molar refractivity (Wildman–Crippen MR) is 146 cm³/mol. The van der Waals surface area contributed by atoms with E-state index in [1.807, 2.05) is 61.5 Å². The van der Waals surface area contributed by atoms with Crippen LogP contribution in [0, 0.1) is 0 Å². The second-order valence-electron chi connectivity index (χ2n) is 8.95. The smallest absolute Gasteiger partial charge is 0.257 e. The normalized spacial score (nSPS) is 12.0. The molecule has 0 bridgehead atoms. The van der Waals surface area contributed by atoms with E-state index < -0.39 is 0 Å². The molecule has 0 aliphatic heterocycles. The van der Waals surface area contributed by atoms with Crippen molar-refractivity contribution in [3.63, 3.8) is 0 Å². The van der Waals surface area contributed by atoms with Crippen LogP contribution < -0.4 is 20.5 Å². The fourth-order valence-electron chi connectivity index (χ4n) is 4.46. The van der Waals surface area contributed by atoms with E-state index in [2.05, 4.69) is 17.4 Å². The van der Waals surface area contributed by atoms with Crippen LogP contribution in [0.5, 0.6) is 11.5 Å². The van der Waals surface area contributed by atoms with Crippen molar-refractivity contribution in [2.75, 3.05) is 20.0 Å². The van der Waals surface area contributed by atoms with Crippen LogP contribution in [-0.4, -0.2) is 40.7 Å². The number of carbonyl (C=O) groups excluding carboxylic acids is 1. The lowest BCUT2D eigenvalue weighted by Crippen LogP contribution is -2.33. The summed E-state index contributed by atoms with van der Waals surface area (Å²) in [7, 11) is 3.16. The number of methoxy groups -OCH3 is 2. The molecule has 3 N–H and O–H groups in total. The molecule has 1 amide bonds. The Kier molecular flexibility index (Phi) is 6.64. The highest BCUT2D eigenvalue weighted by Crippen LogP contribution is 2.34. The lowest BCUT2D eigenvalue weighted by Gasteiger charge is -2.14. The molecule has 0 radical (unpaired) electrons. The zero-order chi connectivity index (χ0) is 25.9. The van der Waals surface area contributed by atoms with E-state index in [1.165, 1.54) is 5.56 Å². The predicted octanol–water partition coefficient (Wildman–Crippen LogP) is 4.92. The SMILES string of the molecule is COc1cc(OC)cc(-n2c(N)c(C(=O)N[C@@H](C)CCc3ccccc3)c3nc4ccccc4nc32)c1. The van der Waals surface area contributed by atoms with E-state index in [4.69, 9.17) is 25.2 Å². The molecule has 5 rings (SSSR count). The molecule has 0 saturated carbocycles. The second-order valence-corrected chi connectivity index (χ2v) is 8.95. The van der Waals surface area contributed by atoms with E-state index in [1.54, 1.807) is 24.9 Å². The Balaban J connectivity index is 1.58. The van der Waals surface area contributed by atoms with E-state index in [9.17, 15) is 4.79 Å². The number of hydrogen-bond acceptors (Lipinski definition) is 6. The zero-order valence-corrected chi connectivity index (χ0v) is 21.1. The number of nitrogens with two attached hydrogens (primary N) is 1. The summed E-state index contributed by atoms with van der Waals surface area (Å²) in [5.41, 5.74) is 11.1. The first-order chi connectivity index (χ1) is 18.0. The van der Waals surface area contributed by atoms with Gasteiger partial charge in [-0.25, -0.2) is 9.97 Å². The van der Waals surface area contributed by atoms with Gasteiger partial charge in [0, 0.05) is 24.2 Å². The number of carbonyl (C=O) groups is 1. The first-order valence-corrected chi connectivity index (χ1v) is 12.1. The average Bonchev–Trinajstić information content (AvgIpc) is 3.21. The summed E-state index contributed by atoms with van der Waals surface area (Å²) in [6.07, 6.45) is 1.64. The molecule has 37 heavy (non-hydrogen) atoms. The van der Waals surface area contributed by atoms with Crippen LogP contribution in [-0.2, 0) is 6.42 Å². The number of para-hydroxylation sites is 2. The average molecular weight is 496 g/mol. The number of benzene rings is 3. The summed E-state index contributed by atoms with van der Waals surface area (Å²) < 4.78 is 12.6. The Morgan fingerprint density at radius 2 is 1.57 bits per heavy atom. The minimum Gasteiger partial charge on any atom is -0.497 e. The number of nitrogen functional groups attached to an aromatic ring is 1. The van der Waals surface area contributed by atoms with E-state index in [0.29, 0.717) is 44.9 Å². The van der Waals surface area contributed by atoms with E-state index in [0.717, 1.165) is 12.8 Å². The summed E-state index contributed by atoms with van der Waals surface area (Å²) in [6.45, 7) is 1.99. The third-order valence-corrected chi connectivity index (χ3v) is 6.41. The van der Waals surface area contributed by atoms with Crippen molar-refractivity contribution in [1.82, 2.24) is 19.9 Å². The molecule has 2 aromatic heterocycles. The highest BCUT2D eigenvalue weighted by atomic mass is 16.5. The van der Waals surface area contributed by atoms with Gasteiger partial charge in [-0.2, -0.15) is 0 Å². The molecule has 1 atom stereocenters. The maximum Gasteiger partial charge on any atom is 0.257 e. The number of rotatable bonds is 8. The van der Waals surface area contributed by atoms with E-state index in [-0.39, 0.29) is 17.8 Å². The second kappa shape index (κ2) is 10.2. The van der Waals surface area contributed by atoms with Crippen LogP contribution in [0.3, 0.4) is 0 Å². The summed E-state index contributed by atoms with van der Waals surface area (Å²) in [6, 6.07) is 23.1. The quantitative estimate of drug-likeness (QED) is 0.317. The van der Waals surface area contributed by atoms with Crippen LogP contribution in [0.1, 0.15) is 29.3 Å². The third kappa shape index (κ3) is 4.78. The molecule has 2 heterocycles. The van der Waals surface area contributed by atoms with Gasteiger partial charge in [0.05, 0.1) is 30.9 Å². The van der Waals surface area contributed by atoms with Crippen LogP contribution in [0.15, 0.2) is 72.8 Å². The molecule has 0 spiro atoms. The molecule has 0 fully saturated rings. The number of ether oxygens (including phenoxy) is 2. The Labute approximate surface area is 215 Å². The fourth-order valence-corrected chi connectivity index (χ4v) is 4.46. The van der Waals surface area contributed by atoms with E-state index >= 15 is 0 Å². The molecule has 3 aromatic carbocycles. The van der Waals surface area contributed by atoms with Crippen LogP contribution in [0.2, 0.25) is 0 Å². The topological polar surface area (TPSA) is 104 Å². The van der Waals surface area contributed by atoms with Crippen LogP contribution in [0.25, 0.3) is 27.9 Å². The number of amides is 1. The summed E-state index contributed by atoms with van der Waals surface area (Å²) in [5, 5.41) is 3.11. The standard InChI is InChI=1S/C29H29N5O3/c1-18(13-14-19-9-5-4-6-10-19)31-29(35)25-26-28(33-24-12-8-7-11-23(24)32-26)34(27(25)30)20-15-21(36-2)17-22(16-20)37-3/h4-12,15-18H,13-14,30H2,1-3H3,(H,31,35)/t18-/m0/s1. The van der Waals surface area contributed by atoms with Gasteiger partial charge in [-0.05, 0) is 37.5 Å². The molecular formula is C29H29N5O3. The Bertz CT molecular complexity index is 1560. The van der Waals surface area contributed by atoms with Crippen molar-refractivity contribution < 1.29 is 14.3 Å². The summed E-state index contributed by atoms with van der Waals surface area (Å²) >= 11 is 0. The van der Waals surface area contributed by atoms with Crippen molar-refractivity contribution in [2.24, 2.45) is 0 Å². The van der Waals surface area contributed by atoms with Gasteiger partial charge in [-0.1, -0.05) is 42.5 Å². The van der Waals surface area contributed by atoms with Crippen molar-refractivity contribution in [3.05, 3.63) is 83.9 Å². The first kappa shape index (κ1) is 24.1. The largest absolute Gasteiger partial charge is 0.497 e. The van der Waals surface area contributed by atoms with Crippen molar-refractivity contribution in [1.29, 1.82) is 0 Å². The number of nitrogens with zero attached hydrogens (tertiary/aromatic N) is 3. The molecule has 0 aliphatic rings. The molecular weight excluding hydrogens is 466 g/mol. The highest BCUT2D eigenvalue weighted by Gasteiger charge is 2.26. The number of hydrogen-bond donors (Lipinski definition) is 2. The fraction of sp³-hybridized carbons (Fsp3) is 0.207. The van der Waals surface area contributed by atoms with Crippen molar-refractivity contribution >= 4 is 33.9 Å². The number of aryl methyl sites for hydroxylation is 1. The Hall–Kier alpha value is -4.59. The van der Waals surface area contributed by atoms with Crippen LogP contribution >= 0.6 is 0 Å². The number of fused-ring (bicyclic) bond motifs is 2. The van der Waals surface area contributed by atoms with Gasteiger partial charge in [-0.15, -0.1) is 0 Å². The molecule has 8 heteroatoms. The highest BCUT2D eigenvalue weighted by molar-refractivity contribution is 6.11. The van der Waals surface area contributed by atoms with Crippen molar-refractivity contribution in [2.45, 2.75) is 25.8 Å². The number of aromatic nitrogens is 3. The van der Waals surface area contributed by atoms with Crippen molar-refractivity contribution in [3.8, 4) is 17.2 Å². The van der Waals surface area contributed by atoms with Gasteiger partial charge >= 0.3 is 0 Å². The van der Waals surface area contributed by atoms with Gasteiger partial charge in [0.25, 0.3) is 5.91 Å². The zero-order valence-electron chi connectivity index (χ0n) is 21.1. The number of anilines is 1. The maximum absolute atomic E-state index is 13.6. The Morgan fingerprint density at radius 1 is 0.946 bits per heavy atom. The monoisotopic (exact) mass is 495 g/mol. The Morgan fingerprint density at radius 3 is 2.22 bits per heavy atom. The number of nitrogens with one attached hydrogen (secondary N) is 1. The molecule has 5 aromatic rings. The molecule has 0 saturated heterocycles. The molecule has 0 aliphatic carbocycles. The molecule has 0 unspecified atom stereocenters. The lowest BCUT2D eigenvalue weighted by molar-refractivity contribution is 0.0941. The van der Waals surface area contributed by atoms with Gasteiger partial charge in [0.1, 0.15) is 28.4 Å². The minimum atomic E-state index is -0.291. The van der Waals surface area contributed by atoms with Gasteiger partial charge in [-0.3, -0.25) is 9.36 Å². The van der Waals surface area contributed by atoms with Gasteiger partial charge < -0.3 is 20.5 Å². The summed E-state index contributed by atoms with van der Waals surface area (Å²) in [5.74, 6) is 1.13. The van der Waals surface area contributed by atoms with Gasteiger partial charge in [0.15, 0.2) is 5.65 Å². The maximum atomic E-state index is 13.6. The molecule has 8 nitrogen and oxygen atoms in total. The molecule has 188 valence electrons. The minimum absolute atomic E-state index is 0.0733. The summed E-state index contributed by atoms with van der Waals surface area (Å²) in [4.78, 5) is 23.3. The first-order valence-electron chi connectivity index (χ1n) is 12.1.